The summed E-state index contributed by atoms with van der Waals surface area (Å²) >= 11 is 0. The van der Waals surface area contributed by atoms with Crippen LogP contribution in [0.15, 0.2) is 121 Å². The highest BCUT2D eigenvalue weighted by Gasteiger charge is 2.61. The Balaban J connectivity index is 1.18. The van der Waals surface area contributed by atoms with Gasteiger partial charge in [-0.1, -0.05) is 84.6 Å². The summed E-state index contributed by atoms with van der Waals surface area (Å²) in [7, 11) is 0. The number of carbonyl (C=O) groups excluding carboxylic acids is 14. The Bertz CT molecular complexity index is 3910. The first-order chi connectivity index (χ1) is 54.4. The highest BCUT2D eigenvalue weighted by molar-refractivity contribution is 5.91. The zero-order chi connectivity index (χ0) is 82.7. The Kier molecular flexibility index (Phi) is 33.0. The summed E-state index contributed by atoms with van der Waals surface area (Å²) in [6.07, 6.45) is -37.1. The Morgan fingerprint density at radius 1 is 0.254 bits per heavy atom. The molecule has 36 nitrogen and oxygen atoms in total. The lowest BCUT2D eigenvalue weighted by molar-refractivity contribution is -0.359. The van der Waals surface area contributed by atoms with Gasteiger partial charge in [-0.3, -0.25) is 47.9 Å². The molecule has 0 N–H and O–H groups in total. The molecule has 4 saturated heterocycles. The maximum atomic E-state index is 14.4. The molecule has 0 saturated carbocycles. The lowest BCUT2D eigenvalue weighted by atomic mass is 9.95. The van der Waals surface area contributed by atoms with Gasteiger partial charge in [-0.15, -0.1) is 0 Å². The molecule has 4 aliphatic heterocycles. The SMILES string of the molecule is CC(=O)OC[C@H]1O[C@H](O[C@H]2[C@@H](OC(C)=O)[C@@H](COC(=O)c3ccccc3)O[C@@H](OCC#CC#CCO[C@@H]3O[C@H](COC(=O)c4ccccc4)[C@H](OC(C)=O)[C@H](O[C@H]4O[C@H](COC(C)=O)[C@H](OC(C)=O)[C@H](OC(C)=O)[C@H]4OC(C)=O)[C@H]3OC(=O)c3ccccc3)[C@@H]2OC(=O)c2ccccc2)[C@H](OC(C)=O)[C@@H](OC(C)=O)[C@H]1OC(C)=O. The van der Waals surface area contributed by atoms with E-state index in [-0.39, 0.29) is 22.3 Å². The second-order valence-corrected chi connectivity index (χ2v) is 25.2. The van der Waals surface area contributed by atoms with Gasteiger partial charge in [0, 0.05) is 69.2 Å². The predicted molar refractivity (Wildman–Crippen MR) is 374 cm³/mol. The Hall–Kier alpha value is -11.7. The van der Waals surface area contributed by atoms with Crippen molar-refractivity contribution in [3.8, 4) is 23.7 Å². The Morgan fingerprint density at radius 3 is 0.754 bits per heavy atom. The van der Waals surface area contributed by atoms with E-state index < -0.39 is 246 Å². The van der Waals surface area contributed by atoms with E-state index >= 15 is 0 Å². The van der Waals surface area contributed by atoms with E-state index in [2.05, 4.69) is 23.7 Å². The molecule has 0 spiro atoms. The van der Waals surface area contributed by atoms with Gasteiger partial charge in [0.05, 0.1) is 22.3 Å². The van der Waals surface area contributed by atoms with Gasteiger partial charge in [0.1, 0.15) is 76.3 Å². The zero-order valence-electron chi connectivity index (χ0n) is 63.0. The first-order valence-corrected chi connectivity index (χ1v) is 35.2. The summed E-state index contributed by atoms with van der Waals surface area (Å²) in [5.41, 5.74) is -0.0214. The minimum Gasteiger partial charge on any atom is -0.463 e. The molecule has 0 amide bonds. The third kappa shape index (κ3) is 25.9. The fourth-order valence-corrected chi connectivity index (χ4v) is 12.0. The average molecular weight is 1600 g/mol. The Labute approximate surface area is 651 Å². The maximum absolute atomic E-state index is 14.4. The van der Waals surface area contributed by atoms with Crippen LogP contribution in [0, 0.1) is 23.7 Å². The monoisotopic (exact) mass is 1590 g/mol. The molecular weight excluding hydrogens is 1510 g/mol. The average Bonchev–Trinajstić information content (AvgIpc) is 0.767. The molecule has 114 heavy (non-hydrogen) atoms. The van der Waals surface area contributed by atoms with Crippen LogP contribution in [0.1, 0.15) is 111 Å². The molecule has 0 aromatic heterocycles. The minimum atomic E-state index is -2.07. The van der Waals surface area contributed by atoms with E-state index in [4.69, 9.17) is 104 Å². The molecule has 20 atom stereocenters. The number of hydrogen-bond acceptors (Lipinski definition) is 36. The largest absolute Gasteiger partial charge is 0.463 e. The first kappa shape index (κ1) is 87.8. The van der Waals surface area contributed by atoms with E-state index in [9.17, 15) is 67.1 Å². The van der Waals surface area contributed by atoms with Gasteiger partial charge in [-0.2, -0.15) is 0 Å². The molecule has 36 heteroatoms. The van der Waals surface area contributed by atoms with Crippen LogP contribution in [-0.2, 0) is 152 Å². The molecule has 0 aliphatic carbocycles. The van der Waals surface area contributed by atoms with Crippen LogP contribution in [0.3, 0.4) is 0 Å². The number of hydrogen-bond donors (Lipinski definition) is 0. The normalized spacial score (nSPS) is 26.7. The van der Waals surface area contributed by atoms with Gasteiger partial charge in [0.25, 0.3) is 0 Å². The van der Waals surface area contributed by atoms with Crippen LogP contribution < -0.4 is 0 Å². The molecule has 0 bridgehead atoms. The zero-order valence-corrected chi connectivity index (χ0v) is 63.0. The van der Waals surface area contributed by atoms with Crippen molar-refractivity contribution < 1.29 is 171 Å². The molecule has 0 radical (unpaired) electrons. The molecular formula is C78H82O36. The van der Waals surface area contributed by atoms with E-state index in [0.717, 1.165) is 69.2 Å². The van der Waals surface area contributed by atoms with E-state index in [1.807, 2.05) is 0 Å². The smallest absolute Gasteiger partial charge is 0.338 e. The quantitative estimate of drug-likeness (QED) is 0.0410. The maximum Gasteiger partial charge on any atom is 0.338 e. The van der Waals surface area contributed by atoms with Crippen LogP contribution >= 0.6 is 0 Å². The van der Waals surface area contributed by atoms with Crippen molar-refractivity contribution in [2.45, 2.75) is 192 Å². The molecule has 610 valence electrons. The van der Waals surface area contributed by atoms with Crippen molar-refractivity contribution in [2.75, 3.05) is 39.6 Å². The van der Waals surface area contributed by atoms with Gasteiger partial charge in [0.15, 0.2) is 86.2 Å². The number of esters is 14. The second kappa shape index (κ2) is 42.8. The van der Waals surface area contributed by atoms with Gasteiger partial charge in [-0.25, -0.2) is 19.2 Å². The third-order valence-electron chi connectivity index (χ3n) is 16.4. The van der Waals surface area contributed by atoms with Crippen molar-refractivity contribution in [2.24, 2.45) is 0 Å². The molecule has 4 aromatic rings. The summed E-state index contributed by atoms with van der Waals surface area (Å²) in [6, 6.07) is 29.9. The molecule has 4 fully saturated rings. The van der Waals surface area contributed by atoms with E-state index in [0.29, 0.717) is 0 Å². The molecule has 0 unspecified atom stereocenters. The van der Waals surface area contributed by atoms with Crippen molar-refractivity contribution in [3.05, 3.63) is 144 Å². The lowest BCUT2D eigenvalue weighted by Crippen LogP contribution is -2.67. The topological polar surface area (TPSA) is 442 Å². The number of rotatable bonds is 30. The van der Waals surface area contributed by atoms with Crippen LogP contribution in [0.2, 0.25) is 0 Å². The summed E-state index contributed by atoms with van der Waals surface area (Å²) in [4.78, 5) is 185. The van der Waals surface area contributed by atoms with Crippen LogP contribution in [0.25, 0.3) is 0 Å². The van der Waals surface area contributed by atoms with E-state index in [1.54, 1.807) is 48.5 Å². The van der Waals surface area contributed by atoms with Gasteiger partial charge in [0.2, 0.25) is 0 Å². The Morgan fingerprint density at radius 2 is 0.482 bits per heavy atom. The minimum absolute atomic E-state index is 0.0602. The third-order valence-corrected chi connectivity index (χ3v) is 16.4. The van der Waals surface area contributed by atoms with Gasteiger partial charge < -0.3 is 104 Å². The summed E-state index contributed by atoms with van der Waals surface area (Å²) in [6.45, 7) is 5.46. The predicted octanol–water partition coefficient (Wildman–Crippen LogP) is 3.44. The second-order valence-electron chi connectivity index (χ2n) is 25.2. The fraction of sp³-hybridized carbons (Fsp3) is 0.462. The number of carbonyl (C=O) groups is 14. The van der Waals surface area contributed by atoms with Gasteiger partial charge >= 0.3 is 83.6 Å². The standard InChI is InChI=1S/C78H82O36/c1-41(79)95-37-55-59(99-43(3)81)63(103-47(7)85)69(105-49(9)87)77(109-55)113-65-61(101-45(5)83)57(39-97-71(89)51-27-17-13-18-28-51)107-75(67(65)111-73(91)53-31-21-15-22-32-53)93-35-25-11-12-26-36-94-76-68(112-74(92)54-33-23-16-24-34-54)66(62(102-46(6)84)58(108-76)40-98-72(90)52-29-19-14-20-30-52)114-78-70(106-50(10)88)64(104-48(8)86)60(100-44(4)82)56(110-78)38-96-42(2)80/h13-24,27-34,55-70,75-78H,35-40H2,1-10H3/t55-,56-,57-,58-,59+,60+,61+,62+,63+,64+,65+,66+,67-,68-,69-,70-,75-,76-,77-,78-/m1/s1. The molecule has 4 heterocycles. The van der Waals surface area contributed by atoms with Crippen LogP contribution in [0.5, 0.6) is 0 Å². The highest BCUT2D eigenvalue weighted by atomic mass is 16.8. The molecule has 4 aromatic carbocycles. The van der Waals surface area contributed by atoms with E-state index in [1.165, 1.54) is 72.8 Å². The molecule has 4 aliphatic rings. The number of benzene rings is 4. The van der Waals surface area contributed by atoms with Crippen molar-refractivity contribution in [3.63, 3.8) is 0 Å². The van der Waals surface area contributed by atoms with Crippen LogP contribution in [0.4, 0.5) is 0 Å². The molecule has 8 rings (SSSR count). The highest BCUT2D eigenvalue weighted by Crippen LogP contribution is 2.39. The summed E-state index contributed by atoms with van der Waals surface area (Å²) in [5, 5.41) is 0. The van der Waals surface area contributed by atoms with Crippen molar-refractivity contribution in [1.29, 1.82) is 0 Å². The lowest BCUT2D eigenvalue weighted by Gasteiger charge is -2.48. The fourth-order valence-electron chi connectivity index (χ4n) is 12.0. The van der Waals surface area contributed by atoms with Gasteiger partial charge in [-0.05, 0) is 60.4 Å². The number of ether oxygens (including phenoxy) is 22. The summed E-state index contributed by atoms with van der Waals surface area (Å²) in [5.74, 6) is -3.41. The first-order valence-electron chi connectivity index (χ1n) is 35.2. The van der Waals surface area contributed by atoms with Crippen molar-refractivity contribution in [1.82, 2.24) is 0 Å². The van der Waals surface area contributed by atoms with Crippen LogP contribution in [-0.4, -0.2) is 246 Å². The van der Waals surface area contributed by atoms with Crippen molar-refractivity contribution >= 4 is 83.6 Å². The summed E-state index contributed by atoms with van der Waals surface area (Å²) < 4.78 is 131.